The smallest absolute Gasteiger partial charge is 0.0237 e. The van der Waals surface area contributed by atoms with E-state index < -0.39 is 0 Å². The molecule has 0 spiro atoms. The van der Waals surface area contributed by atoms with Gasteiger partial charge in [0.2, 0.25) is 0 Å². The summed E-state index contributed by atoms with van der Waals surface area (Å²) in [4.78, 5) is 5.25. The highest BCUT2D eigenvalue weighted by Gasteiger charge is 2.17. The molecule has 0 bridgehead atoms. The van der Waals surface area contributed by atoms with Gasteiger partial charge in [0.1, 0.15) is 0 Å². The van der Waals surface area contributed by atoms with Crippen LogP contribution < -0.4 is 0 Å². The Hall–Kier alpha value is -1.38. The number of likely N-dealkylation sites (tertiary alicyclic amines) is 2. The van der Waals surface area contributed by atoms with E-state index in [2.05, 4.69) is 46.2 Å². The third kappa shape index (κ3) is 3.04. The van der Waals surface area contributed by atoms with Crippen molar-refractivity contribution in [3.63, 3.8) is 0 Å². The lowest BCUT2D eigenvalue weighted by Gasteiger charge is -2.22. The number of benzene rings is 2. The maximum absolute atomic E-state index is 2.62. The van der Waals surface area contributed by atoms with Crippen molar-refractivity contribution in [2.75, 3.05) is 26.2 Å². The molecular formula is C20H26N2. The SMILES string of the molecule is c1ccc2cc(CN3CCCC3)c(CN3CCCC3)cc2c1. The number of nitrogens with zero attached hydrogens (tertiary/aromatic N) is 2. The van der Waals surface area contributed by atoms with Gasteiger partial charge in [0.05, 0.1) is 0 Å². The van der Waals surface area contributed by atoms with Crippen molar-refractivity contribution < 1.29 is 0 Å². The van der Waals surface area contributed by atoms with Crippen molar-refractivity contribution in [1.29, 1.82) is 0 Å². The Morgan fingerprint density at radius 1 is 0.636 bits per heavy atom. The van der Waals surface area contributed by atoms with Crippen LogP contribution in [0.15, 0.2) is 36.4 Å². The first kappa shape index (κ1) is 14.2. The monoisotopic (exact) mass is 294 g/mol. The van der Waals surface area contributed by atoms with Gasteiger partial charge in [-0.15, -0.1) is 0 Å². The zero-order valence-electron chi connectivity index (χ0n) is 13.4. The van der Waals surface area contributed by atoms with Crippen LogP contribution in [0, 0.1) is 0 Å². The summed E-state index contributed by atoms with van der Waals surface area (Å²) in [6.45, 7) is 7.36. The van der Waals surface area contributed by atoms with Gasteiger partial charge in [-0.3, -0.25) is 9.80 Å². The van der Waals surface area contributed by atoms with Crippen LogP contribution in [0.1, 0.15) is 36.8 Å². The molecule has 2 nitrogen and oxygen atoms in total. The van der Waals surface area contributed by atoms with E-state index in [0.29, 0.717) is 0 Å². The van der Waals surface area contributed by atoms with Gasteiger partial charge >= 0.3 is 0 Å². The van der Waals surface area contributed by atoms with Crippen molar-refractivity contribution in [2.45, 2.75) is 38.8 Å². The molecule has 4 rings (SSSR count). The third-order valence-corrected chi connectivity index (χ3v) is 5.25. The van der Waals surface area contributed by atoms with Crippen molar-refractivity contribution in [3.8, 4) is 0 Å². The predicted molar refractivity (Wildman–Crippen MR) is 93.0 cm³/mol. The Morgan fingerprint density at radius 3 is 1.45 bits per heavy atom. The van der Waals surface area contributed by atoms with E-state index in [1.54, 1.807) is 11.1 Å². The van der Waals surface area contributed by atoms with E-state index in [4.69, 9.17) is 0 Å². The van der Waals surface area contributed by atoms with Crippen molar-refractivity contribution in [3.05, 3.63) is 47.5 Å². The predicted octanol–water partition coefficient (Wildman–Crippen LogP) is 4.03. The molecular weight excluding hydrogens is 268 g/mol. The highest BCUT2D eigenvalue weighted by molar-refractivity contribution is 5.84. The van der Waals surface area contributed by atoms with Crippen molar-refractivity contribution >= 4 is 10.8 Å². The Labute approximate surface area is 133 Å². The summed E-state index contributed by atoms with van der Waals surface area (Å²) in [5.41, 5.74) is 3.10. The van der Waals surface area contributed by atoms with E-state index in [1.807, 2.05) is 0 Å². The standard InChI is InChI=1S/C20H26N2/c1-2-8-18-14-20(16-22-11-5-6-12-22)19(13-17(18)7-1)15-21-9-3-4-10-21/h1-2,7-8,13-14H,3-6,9-12,15-16H2. The summed E-state index contributed by atoms with van der Waals surface area (Å²) in [5, 5.41) is 2.78. The van der Waals surface area contributed by atoms with Crippen LogP contribution in [-0.2, 0) is 13.1 Å². The molecule has 0 unspecified atom stereocenters. The summed E-state index contributed by atoms with van der Waals surface area (Å²) < 4.78 is 0. The van der Waals surface area contributed by atoms with Crippen molar-refractivity contribution in [1.82, 2.24) is 9.80 Å². The number of hydrogen-bond donors (Lipinski definition) is 0. The lowest BCUT2D eigenvalue weighted by Crippen LogP contribution is -2.22. The fraction of sp³-hybridized carbons (Fsp3) is 0.500. The normalized spacial score (nSPS) is 20.2. The summed E-state index contributed by atoms with van der Waals surface area (Å²) in [6, 6.07) is 13.7. The quantitative estimate of drug-likeness (QED) is 0.840. The highest BCUT2D eigenvalue weighted by atomic mass is 15.1. The molecule has 0 amide bonds. The topological polar surface area (TPSA) is 6.48 Å². The molecule has 2 saturated heterocycles. The maximum atomic E-state index is 2.62. The molecule has 2 heteroatoms. The van der Waals surface area contributed by atoms with Gasteiger partial charge in [-0.05, 0) is 85.9 Å². The van der Waals surface area contributed by atoms with E-state index in [1.165, 1.54) is 62.6 Å². The molecule has 22 heavy (non-hydrogen) atoms. The van der Waals surface area contributed by atoms with Crippen LogP contribution in [0.4, 0.5) is 0 Å². The summed E-state index contributed by atoms with van der Waals surface area (Å²) in [6.07, 6.45) is 5.48. The minimum atomic E-state index is 1.13. The van der Waals surface area contributed by atoms with Gasteiger partial charge in [0.25, 0.3) is 0 Å². The van der Waals surface area contributed by atoms with E-state index in [0.717, 1.165) is 13.1 Å². The van der Waals surface area contributed by atoms with Gasteiger partial charge in [0, 0.05) is 13.1 Å². The van der Waals surface area contributed by atoms with Gasteiger partial charge in [-0.2, -0.15) is 0 Å². The van der Waals surface area contributed by atoms with E-state index >= 15 is 0 Å². The van der Waals surface area contributed by atoms with E-state index in [9.17, 15) is 0 Å². The molecule has 2 heterocycles. The molecule has 2 fully saturated rings. The van der Waals surface area contributed by atoms with Crippen LogP contribution in [0.3, 0.4) is 0 Å². The minimum absolute atomic E-state index is 1.13. The van der Waals surface area contributed by atoms with E-state index in [-0.39, 0.29) is 0 Å². The second-order valence-electron chi connectivity index (χ2n) is 6.93. The molecule has 2 aromatic carbocycles. The Morgan fingerprint density at radius 2 is 1.05 bits per heavy atom. The average Bonchev–Trinajstić information content (AvgIpc) is 3.21. The van der Waals surface area contributed by atoms with Crippen LogP contribution in [0.25, 0.3) is 10.8 Å². The summed E-state index contributed by atoms with van der Waals surface area (Å²) in [5.74, 6) is 0. The number of hydrogen-bond acceptors (Lipinski definition) is 2. The largest absolute Gasteiger partial charge is 0.299 e. The van der Waals surface area contributed by atoms with Crippen LogP contribution in [0.5, 0.6) is 0 Å². The molecule has 2 aromatic rings. The molecule has 0 N–H and O–H groups in total. The first-order valence-corrected chi connectivity index (χ1v) is 8.84. The fourth-order valence-electron chi connectivity index (χ4n) is 3.99. The Bertz CT molecular complexity index is 581. The van der Waals surface area contributed by atoms with Crippen LogP contribution >= 0.6 is 0 Å². The number of fused-ring (bicyclic) bond motifs is 1. The van der Waals surface area contributed by atoms with Gasteiger partial charge < -0.3 is 0 Å². The molecule has 0 aliphatic carbocycles. The molecule has 0 saturated carbocycles. The first-order valence-electron chi connectivity index (χ1n) is 8.84. The maximum Gasteiger partial charge on any atom is 0.0237 e. The average molecular weight is 294 g/mol. The van der Waals surface area contributed by atoms with Gasteiger partial charge in [-0.1, -0.05) is 24.3 Å². The molecule has 2 aliphatic rings. The van der Waals surface area contributed by atoms with Crippen LogP contribution in [-0.4, -0.2) is 36.0 Å². The lowest BCUT2D eigenvalue weighted by atomic mass is 10.00. The second-order valence-corrected chi connectivity index (χ2v) is 6.93. The lowest BCUT2D eigenvalue weighted by molar-refractivity contribution is 0.314. The zero-order valence-corrected chi connectivity index (χ0v) is 13.4. The fourth-order valence-corrected chi connectivity index (χ4v) is 3.99. The highest BCUT2D eigenvalue weighted by Crippen LogP contribution is 2.25. The Balaban J connectivity index is 1.66. The van der Waals surface area contributed by atoms with Gasteiger partial charge in [0.15, 0.2) is 0 Å². The number of rotatable bonds is 4. The second kappa shape index (κ2) is 6.39. The summed E-state index contributed by atoms with van der Waals surface area (Å²) >= 11 is 0. The first-order chi connectivity index (χ1) is 10.9. The molecule has 0 radical (unpaired) electrons. The molecule has 0 atom stereocenters. The zero-order chi connectivity index (χ0) is 14.8. The summed E-state index contributed by atoms with van der Waals surface area (Å²) in [7, 11) is 0. The minimum Gasteiger partial charge on any atom is -0.299 e. The van der Waals surface area contributed by atoms with Gasteiger partial charge in [-0.25, -0.2) is 0 Å². The molecule has 116 valence electrons. The molecule has 0 aromatic heterocycles. The van der Waals surface area contributed by atoms with Crippen molar-refractivity contribution in [2.24, 2.45) is 0 Å². The Kier molecular flexibility index (Phi) is 4.13. The van der Waals surface area contributed by atoms with Crippen LogP contribution in [0.2, 0.25) is 0 Å². The third-order valence-electron chi connectivity index (χ3n) is 5.25. The molecule has 2 aliphatic heterocycles.